The summed E-state index contributed by atoms with van der Waals surface area (Å²) < 4.78 is 4.87. The first-order chi connectivity index (χ1) is 9.91. The standard InChI is InChI=1S/C14H17N3O4/c1-8(18)21-14-11(13(20)17(14)16)12(19)10(15)7-9-5-3-2-4-6-9/h2-6,10-11,14H,7,15-16H2,1H3/t10-,11-,14-/m0/s1. The van der Waals surface area contributed by atoms with Crippen molar-refractivity contribution in [3.63, 3.8) is 0 Å². The second kappa shape index (κ2) is 6.02. The summed E-state index contributed by atoms with van der Waals surface area (Å²) in [5, 5.41) is 0.735. The molecule has 0 radical (unpaired) electrons. The molecule has 1 aliphatic heterocycles. The van der Waals surface area contributed by atoms with Gasteiger partial charge in [0.1, 0.15) is 0 Å². The van der Waals surface area contributed by atoms with E-state index in [4.69, 9.17) is 16.3 Å². The number of β-lactam (4-membered cyclic amide) rings is 1. The Labute approximate surface area is 121 Å². The van der Waals surface area contributed by atoms with E-state index in [0.717, 1.165) is 10.6 Å². The van der Waals surface area contributed by atoms with Crippen LogP contribution in [0.2, 0.25) is 0 Å². The summed E-state index contributed by atoms with van der Waals surface area (Å²) in [7, 11) is 0. The summed E-state index contributed by atoms with van der Waals surface area (Å²) in [6.45, 7) is 1.18. The number of hydrogen-bond donors (Lipinski definition) is 2. The topological polar surface area (TPSA) is 116 Å². The van der Waals surface area contributed by atoms with E-state index in [2.05, 4.69) is 0 Å². The van der Waals surface area contributed by atoms with Crippen LogP contribution < -0.4 is 11.6 Å². The van der Waals surface area contributed by atoms with Gasteiger partial charge in [-0.15, -0.1) is 0 Å². The molecule has 2 rings (SSSR count). The second-order valence-corrected chi connectivity index (χ2v) is 4.92. The van der Waals surface area contributed by atoms with Gasteiger partial charge in [0, 0.05) is 6.92 Å². The van der Waals surface area contributed by atoms with Crippen LogP contribution in [0.5, 0.6) is 0 Å². The summed E-state index contributed by atoms with van der Waals surface area (Å²) in [4.78, 5) is 34.9. The van der Waals surface area contributed by atoms with Gasteiger partial charge in [0.15, 0.2) is 11.7 Å². The Balaban J connectivity index is 2.04. The number of hydrazine groups is 1. The van der Waals surface area contributed by atoms with Crippen molar-refractivity contribution in [3.8, 4) is 0 Å². The smallest absolute Gasteiger partial charge is 0.304 e. The number of Topliss-reactive ketones (excluding diaryl/α,β-unsaturated/α-hetero) is 1. The first kappa shape index (κ1) is 15.1. The number of amides is 1. The summed E-state index contributed by atoms with van der Waals surface area (Å²) >= 11 is 0. The monoisotopic (exact) mass is 291 g/mol. The quantitative estimate of drug-likeness (QED) is 0.245. The van der Waals surface area contributed by atoms with Crippen LogP contribution in [0.4, 0.5) is 0 Å². The molecular formula is C14H17N3O4. The molecule has 1 saturated heterocycles. The highest BCUT2D eigenvalue weighted by molar-refractivity contribution is 6.08. The largest absolute Gasteiger partial charge is 0.439 e. The summed E-state index contributed by atoms with van der Waals surface area (Å²) in [5.74, 6) is 2.62. The van der Waals surface area contributed by atoms with Crippen LogP contribution in [0, 0.1) is 5.92 Å². The maximum Gasteiger partial charge on any atom is 0.304 e. The highest BCUT2D eigenvalue weighted by atomic mass is 16.6. The Morgan fingerprint density at radius 3 is 2.52 bits per heavy atom. The third-order valence-electron chi connectivity index (χ3n) is 3.34. The number of esters is 1. The molecule has 4 N–H and O–H groups in total. The van der Waals surface area contributed by atoms with E-state index in [1.807, 2.05) is 30.3 Å². The fourth-order valence-corrected chi connectivity index (χ4v) is 2.24. The Morgan fingerprint density at radius 2 is 1.95 bits per heavy atom. The lowest BCUT2D eigenvalue weighted by Crippen LogP contribution is -2.69. The van der Waals surface area contributed by atoms with Crippen LogP contribution in [0.15, 0.2) is 30.3 Å². The van der Waals surface area contributed by atoms with E-state index in [9.17, 15) is 14.4 Å². The normalized spacial score (nSPS) is 22.4. The van der Waals surface area contributed by atoms with Crippen molar-refractivity contribution in [2.45, 2.75) is 25.6 Å². The first-order valence-electron chi connectivity index (χ1n) is 6.50. The zero-order chi connectivity index (χ0) is 15.6. The van der Waals surface area contributed by atoms with Gasteiger partial charge in [0.25, 0.3) is 5.91 Å². The van der Waals surface area contributed by atoms with E-state index in [1.165, 1.54) is 6.92 Å². The van der Waals surface area contributed by atoms with E-state index >= 15 is 0 Å². The molecule has 1 aromatic rings. The first-order valence-corrected chi connectivity index (χ1v) is 6.50. The molecule has 0 aromatic heterocycles. The van der Waals surface area contributed by atoms with E-state index in [1.54, 1.807) is 0 Å². The average molecular weight is 291 g/mol. The van der Waals surface area contributed by atoms with E-state index < -0.39 is 35.8 Å². The van der Waals surface area contributed by atoms with Crippen LogP contribution in [0.3, 0.4) is 0 Å². The van der Waals surface area contributed by atoms with Crippen LogP contribution >= 0.6 is 0 Å². The number of ether oxygens (including phenoxy) is 1. The van der Waals surface area contributed by atoms with Crippen LogP contribution in [0.1, 0.15) is 12.5 Å². The molecule has 0 spiro atoms. The van der Waals surface area contributed by atoms with Gasteiger partial charge in [0.2, 0.25) is 6.23 Å². The molecule has 7 heteroatoms. The number of nitrogens with two attached hydrogens (primary N) is 2. The fourth-order valence-electron chi connectivity index (χ4n) is 2.24. The number of nitrogens with zero attached hydrogens (tertiary/aromatic N) is 1. The highest BCUT2D eigenvalue weighted by Gasteiger charge is 2.53. The van der Waals surface area contributed by atoms with Gasteiger partial charge in [-0.3, -0.25) is 14.4 Å². The predicted octanol–water partition coefficient (Wildman–Crippen LogP) is -0.653. The number of benzene rings is 1. The summed E-state index contributed by atoms with van der Waals surface area (Å²) in [6, 6.07) is 8.36. The third-order valence-corrected chi connectivity index (χ3v) is 3.34. The molecule has 1 amide bonds. The Bertz CT molecular complexity index is 561. The highest BCUT2D eigenvalue weighted by Crippen LogP contribution is 2.26. The molecule has 0 aliphatic carbocycles. The molecule has 21 heavy (non-hydrogen) atoms. The number of ketones is 1. The number of rotatable bonds is 5. The molecule has 1 aliphatic rings. The lowest BCUT2D eigenvalue weighted by atomic mass is 9.87. The number of carbonyl (C=O) groups is 3. The molecule has 1 heterocycles. The van der Waals surface area contributed by atoms with Gasteiger partial charge in [-0.1, -0.05) is 30.3 Å². The fraction of sp³-hybridized carbons (Fsp3) is 0.357. The van der Waals surface area contributed by atoms with Crippen LogP contribution in [0.25, 0.3) is 0 Å². The molecule has 1 aromatic carbocycles. The minimum Gasteiger partial charge on any atom is -0.439 e. The molecular weight excluding hydrogens is 274 g/mol. The van der Waals surface area contributed by atoms with Gasteiger partial charge in [-0.25, -0.2) is 10.9 Å². The van der Waals surface area contributed by atoms with E-state index in [0.29, 0.717) is 6.42 Å². The van der Waals surface area contributed by atoms with Crippen molar-refractivity contribution in [1.29, 1.82) is 0 Å². The lowest BCUT2D eigenvalue weighted by Gasteiger charge is -2.42. The van der Waals surface area contributed by atoms with Crippen molar-refractivity contribution in [3.05, 3.63) is 35.9 Å². The van der Waals surface area contributed by atoms with Crippen molar-refractivity contribution in [1.82, 2.24) is 5.01 Å². The Hall–Kier alpha value is -2.25. The van der Waals surface area contributed by atoms with E-state index in [-0.39, 0.29) is 0 Å². The third kappa shape index (κ3) is 3.09. The zero-order valence-electron chi connectivity index (χ0n) is 11.6. The van der Waals surface area contributed by atoms with Gasteiger partial charge >= 0.3 is 5.97 Å². The summed E-state index contributed by atoms with van der Waals surface area (Å²) in [6.07, 6.45) is -0.759. The van der Waals surface area contributed by atoms with Crippen molar-refractivity contribution >= 4 is 17.7 Å². The minimum atomic E-state index is -1.11. The molecule has 112 valence electrons. The van der Waals surface area contributed by atoms with Crippen LogP contribution in [-0.4, -0.2) is 34.9 Å². The zero-order valence-corrected chi connectivity index (χ0v) is 11.6. The van der Waals surface area contributed by atoms with Gasteiger partial charge in [-0.05, 0) is 12.0 Å². The molecule has 0 saturated carbocycles. The molecule has 0 unspecified atom stereocenters. The Morgan fingerprint density at radius 1 is 1.33 bits per heavy atom. The Kier molecular flexibility index (Phi) is 4.35. The van der Waals surface area contributed by atoms with Crippen molar-refractivity contribution < 1.29 is 19.1 Å². The van der Waals surface area contributed by atoms with Crippen molar-refractivity contribution in [2.75, 3.05) is 0 Å². The van der Waals surface area contributed by atoms with Gasteiger partial charge in [-0.2, -0.15) is 0 Å². The maximum absolute atomic E-state index is 12.3. The maximum atomic E-state index is 12.3. The molecule has 7 nitrogen and oxygen atoms in total. The van der Waals surface area contributed by atoms with Gasteiger partial charge < -0.3 is 10.5 Å². The van der Waals surface area contributed by atoms with Crippen LogP contribution in [-0.2, 0) is 25.5 Å². The molecule has 1 fully saturated rings. The molecule has 0 bridgehead atoms. The average Bonchev–Trinajstić information content (AvgIpc) is 2.46. The SMILES string of the molecule is CC(=O)O[C@H]1[C@@H](C(=O)[C@@H](N)Cc2ccccc2)C(=O)N1N. The predicted molar refractivity (Wildman–Crippen MR) is 73.2 cm³/mol. The lowest BCUT2D eigenvalue weighted by molar-refractivity contribution is -0.198. The minimum absolute atomic E-state index is 0.306. The number of carbonyl (C=O) groups excluding carboxylic acids is 3. The van der Waals surface area contributed by atoms with Crippen molar-refractivity contribution in [2.24, 2.45) is 17.5 Å². The van der Waals surface area contributed by atoms with Gasteiger partial charge in [0.05, 0.1) is 6.04 Å². The summed E-state index contributed by atoms with van der Waals surface area (Å²) in [5.41, 5.74) is 6.75. The number of hydrogen-bond acceptors (Lipinski definition) is 6. The molecule has 3 atom stereocenters. The second-order valence-electron chi connectivity index (χ2n) is 4.92.